The number of pyridine rings is 1. The van der Waals surface area contributed by atoms with E-state index < -0.39 is 10.0 Å². The summed E-state index contributed by atoms with van der Waals surface area (Å²) in [6.07, 6.45) is 8.04. The standard InChI is InChI=1S/C26H32N6O3S/c1-3-36(34,35)31-20-8-9-21-22(17-20)32-15-12-26(2,13-16-32)11-5-4-6-14-28-24-19(18-27)7-10-23(29-24)30-25(21)33/h4-5,7-10,17,31H,3,6,11-16H2,1-2H3,(H2,28,29,30,33)/b5-4+. The second kappa shape index (κ2) is 10.6. The van der Waals surface area contributed by atoms with Gasteiger partial charge in [-0.3, -0.25) is 9.52 Å². The molecule has 10 heteroatoms. The van der Waals surface area contributed by atoms with Crippen LogP contribution in [0.3, 0.4) is 0 Å². The highest BCUT2D eigenvalue weighted by Crippen LogP contribution is 2.38. The number of aromatic nitrogens is 1. The molecule has 2 aromatic rings. The Labute approximate surface area is 212 Å². The third-order valence-electron chi connectivity index (χ3n) is 6.85. The number of nitrogens with one attached hydrogen (secondary N) is 3. The lowest BCUT2D eigenvalue weighted by molar-refractivity contribution is 0.102. The lowest BCUT2D eigenvalue weighted by Crippen LogP contribution is -2.39. The zero-order chi connectivity index (χ0) is 25.8. The van der Waals surface area contributed by atoms with Crippen LogP contribution in [-0.4, -0.2) is 44.7 Å². The Kier molecular flexibility index (Phi) is 7.50. The predicted molar refractivity (Wildman–Crippen MR) is 143 cm³/mol. The van der Waals surface area contributed by atoms with Gasteiger partial charge in [-0.05, 0) is 68.4 Å². The number of hydrogen-bond donors (Lipinski definition) is 3. The lowest BCUT2D eigenvalue weighted by atomic mass is 9.77. The SMILES string of the molecule is CCS(=O)(=O)Nc1ccc2c(c1)N1CCC(C)(C/C=C/CCNc3nc(ccc3C#N)NC2=O)CC1. The average Bonchev–Trinajstić information content (AvgIpc) is 2.86. The van der Waals surface area contributed by atoms with Crippen LogP contribution in [0.4, 0.5) is 23.0 Å². The molecule has 0 unspecified atom stereocenters. The molecule has 0 aliphatic carbocycles. The van der Waals surface area contributed by atoms with E-state index >= 15 is 0 Å². The number of benzene rings is 1. The molecule has 5 rings (SSSR count). The Balaban J connectivity index is 1.73. The fourth-order valence-corrected chi connectivity index (χ4v) is 5.12. The smallest absolute Gasteiger partial charge is 0.258 e. The van der Waals surface area contributed by atoms with Crippen molar-refractivity contribution < 1.29 is 13.2 Å². The van der Waals surface area contributed by atoms with Crippen LogP contribution in [0.25, 0.3) is 0 Å². The van der Waals surface area contributed by atoms with Crippen LogP contribution < -0.4 is 20.3 Å². The quantitative estimate of drug-likeness (QED) is 0.527. The summed E-state index contributed by atoms with van der Waals surface area (Å²) in [5, 5.41) is 15.5. The van der Waals surface area contributed by atoms with Crippen LogP contribution in [0.2, 0.25) is 0 Å². The number of carbonyl (C=O) groups excluding carboxylic acids is 1. The average molecular weight is 509 g/mol. The van der Waals surface area contributed by atoms with Gasteiger partial charge in [-0.25, -0.2) is 13.4 Å². The number of piperidine rings is 1. The summed E-state index contributed by atoms with van der Waals surface area (Å²) < 4.78 is 26.9. The van der Waals surface area contributed by atoms with Crippen LogP contribution >= 0.6 is 0 Å². The monoisotopic (exact) mass is 508 g/mol. The summed E-state index contributed by atoms with van der Waals surface area (Å²) in [6, 6.07) is 10.3. The van der Waals surface area contributed by atoms with E-state index in [4.69, 9.17) is 0 Å². The van der Waals surface area contributed by atoms with Gasteiger partial charge >= 0.3 is 0 Å². The number of nitriles is 1. The zero-order valence-corrected chi connectivity index (χ0v) is 21.5. The van der Waals surface area contributed by atoms with Crippen molar-refractivity contribution in [2.24, 2.45) is 5.41 Å². The highest BCUT2D eigenvalue weighted by molar-refractivity contribution is 7.92. The fourth-order valence-electron chi connectivity index (χ4n) is 4.49. The van der Waals surface area contributed by atoms with Crippen molar-refractivity contribution in [2.75, 3.05) is 45.6 Å². The highest BCUT2D eigenvalue weighted by Gasteiger charge is 2.31. The van der Waals surface area contributed by atoms with E-state index in [9.17, 15) is 18.5 Å². The number of anilines is 4. The van der Waals surface area contributed by atoms with E-state index in [1.54, 1.807) is 37.3 Å². The molecule has 0 atom stereocenters. The number of amides is 1. The van der Waals surface area contributed by atoms with Gasteiger partial charge in [-0.15, -0.1) is 0 Å². The molecule has 1 aromatic heterocycles. The summed E-state index contributed by atoms with van der Waals surface area (Å²) in [5.74, 6) is 0.362. The summed E-state index contributed by atoms with van der Waals surface area (Å²) >= 11 is 0. The normalized spacial score (nSPS) is 18.7. The second-order valence-electron chi connectivity index (χ2n) is 9.58. The topological polar surface area (TPSA) is 127 Å². The Bertz CT molecular complexity index is 1310. The van der Waals surface area contributed by atoms with Crippen molar-refractivity contribution in [1.82, 2.24) is 4.98 Å². The Morgan fingerprint density at radius 2 is 1.97 bits per heavy atom. The maximum absolute atomic E-state index is 13.4. The van der Waals surface area contributed by atoms with Gasteiger partial charge in [-0.1, -0.05) is 19.1 Å². The van der Waals surface area contributed by atoms with Crippen molar-refractivity contribution in [2.45, 2.75) is 39.5 Å². The van der Waals surface area contributed by atoms with Gasteiger partial charge in [0.1, 0.15) is 17.7 Å². The molecule has 1 saturated heterocycles. The first-order valence-corrected chi connectivity index (χ1v) is 13.9. The molecule has 1 aromatic carbocycles. The van der Waals surface area contributed by atoms with Crippen LogP contribution in [0.5, 0.6) is 0 Å². The molecule has 3 N–H and O–H groups in total. The molecular formula is C26H32N6O3S. The van der Waals surface area contributed by atoms with Gasteiger partial charge in [0.05, 0.1) is 28.3 Å². The number of allylic oxidation sites excluding steroid dienone is 1. The molecule has 0 radical (unpaired) electrons. The van der Waals surface area contributed by atoms with Crippen molar-refractivity contribution in [1.29, 1.82) is 5.26 Å². The van der Waals surface area contributed by atoms with Gasteiger partial charge in [0.15, 0.2) is 0 Å². The second-order valence-corrected chi connectivity index (χ2v) is 11.6. The minimum Gasteiger partial charge on any atom is -0.371 e. The highest BCUT2D eigenvalue weighted by atomic mass is 32.2. The molecule has 0 saturated carbocycles. The van der Waals surface area contributed by atoms with Gasteiger partial charge in [-0.2, -0.15) is 5.26 Å². The van der Waals surface area contributed by atoms with Gasteiger partial charge < -0.3 is 15.5 Å². The number of hydrogen-bond acceptors (Lipinski definition) is 7. The zero-order valence-electron chi connectivity index (χ0n) is 20.7. The van der Waals surface area contributed by atoms with Crippen molar-refractivity contribution in [3.63, 3.8) is 0 Å². The van der Waals surface area contributed by atoms with Crippen LogP contribution in [-0.2, 0) is 10.0 Å². The molecule has 36 heavy (non-hydrogen) atoms. The first-order valence-electron chi connectivity index (χ1n) is 12.2. The van der Waals surface area contributed by atoms with E-state index in [1.165, 1.54) is 0 Å². The van der Waals surface area contributed by atoms with E-state index in [-0.39, 0.29) is 17.1 Å². The number of sulfonamides is 1. The number of fused-ring (bicyclic) bond motifs is 7. The Morgan fingerprint density at radius 1 is 1.19 bits per heavy atom. The maximum atomic E-state index is 13.4. The van der Waals surface area contributed by atoms with E-state index in [0.717, 1.165) is 38.8 Å². The van der Waals surface area contributed by atoms with Crippen LogP contribution in [0, 0.1) is 16.7 Å². The summed E-state index contributed by atoms with van der Waals surface area (Å²) in [4.78, 5) is 20.0. The molecule has 4 heterocycles. The lowest BCUT2D eigenvalue weighted by Gasteiger charge is -2.40. The first-order chi connectivity index (χ1) is 17.2. The summed E-state index contributed by atoms with van der Waals surface area (Å²) in [6.45, 7) is 6.01. The molecule has 3 aliphatic heterocycles. The largest absolute Gasteiger partial charge is 0.371 e. The molecule has 4 bridgehead atoms. The van der Waals surface area contributed by atoms with Crippen molar-refractivity contribution >= 4 is 38.9 Å². The summed E-state index contributed by atoms with van der Waals surface area (Å²) in [7, 11) is -3.46. The van der Waals surface area contributed by atoms with Gasteiger partial charge in [0.25, 0.3) is 5.91 Å². The first kappa shape index (κ1) is 25.5. The van der Waals surface area contributed by atoms with E-state index in [0.29, 0.717) is 40.7 Å². The third kappa shape index (κ3) is 5.97. The van der Waals surface area contributed by atoms with Crippen molar-refractivity contribution in [3.8, 4) is 6.07 Å². The Morgan fingerprint density at radius 3 is 2.69 bits per heavy atom. The number of rotatable bonds is 3. The molecule has 3 aliphatic rings. The molecule has 190 valence electrons. The molecular weight excluding hydrogens is 476 g/mol. The fraction of sp³-hybridized carbons (Fsp3) is 0.423. The molecule has 0 spiro atoms. The Hall–Kier alpha value is -3.58. The molecule has 1 fully saturated rings. The maximum Gasteiger partial charge on any atom is 0.258 e. The molecule has 1 amide bonds. The number of nitrogens with zero attached hydrogens (tertiary/aromatic N) is 3. The van der Waals surface area contributed by atoms with Crippen LogP contribution in [0.1, 0.15) is 55.5 Å². The van der Waals surface area contributed by atoms with E-state index in [1.807, 2.05) is 0 Å². The van der Waals surface area contributed by atoms with Crippen molar-refractivity contribution in [3.05, 3.63) is 53.6 Å². The third-order valence-corrected chi connectivity index (χ3v) is 8.15. The molecule has 9 nitrogen and oxygen atoms in total. The minimum absolute atomic E-state index is 0.0408. The van der Waals surface area contributed by atoms with E-state index in [2.05, 4.69) is 50.4 Å². The summed E-state index contributed by atoms with van der Waals surface area (Å²) in [5.41, 5.74) is 2.09. The minimum atomic E-state index is -3.46. The van der Waals surface area contributed by atoms with Gasteiger partial charge in [0, 0.05) is 19.6 Å². The van der Waals surface area contributed by atoms with Crippen LogP contribution in [0.15, 0.2) is 42.5 Å². The van der Waals surface area contributed by atoms with Gasteiger partial charge in [0.2, 0.25) is 10.0 Å². The predicted octanol–water partition coefficient (Wildman–Crippen LogP) is 4.34. The number of carbonyl (C=O) groups is 1.